The first-order valence-corrected chi connectivity index (χ1v) is 5.78. The maximum Gasteiger partial charge on any atom is 0.326 e. The van der Waals surface area contributed by atoms with Gasteiger partial charge in [0.05, 0.1) is 0 Å². The third-order valence-electron chi connectivity index (χ3n) is 3.03. The van der Waals surface area contributed by atoms with Crippen LogP contribution in [0.1, 0.15) is 38.5 Å². The maximum absolute atomic E-state index is 11.4. The lowest BCUT2D eigenvalue weighted by atomic mass is 9.84. The van der Waals surface area contributed by atoms with Gasteiger partial charge in [-0.3, -0.25) is 4.79 Å². The molecule has 1 atom stereocenters. The molecule has 90 valence electrons. The smallest absolute Gasteiger partial charge is 0.326 e. The summed E-state index contributed by atoms with van der Waals surface area (Å²) in [6, 6.07) is -0.729. The van der Waals surface area contributed by atoms with Crippen LogP contribution in [-0.4, -0.2) is 23.0 Å². The van der Waals surface area contributed by atoms with Crippen molar-refractivity contribution in [1.29, 1.82) is 0 Å². The molecule has 0 bridgehead atoms. The first kappa shape index (κ1) is 12.7. The lowest BCUT2D eigenvalue weighted by molar-refractivity contribution is -0.143. The van der Waals surface area contributed by atoms with E-state index in [1.54, 1.807) is 0 Å². The molecule has 0 aromatic rings. The Bertz CT molecular complexity index is 269. The van der Waals surface area contributed by atoms with Crippen molar-refractivity contribution in [3.63, 3.8) is 0 Å². The molecule has 1 aliphatic carbocycles. The van der Waals surface area contributed by atoms with E-state index in [2.05, 4.69) is 11.9 Å². The zero-order valence-electron chi connectivity index (χ0n) is 9.45. The summed E-state index contributed by atoms with van der Waals surface area (Å²) in [5, 5.41) is 11.7. The molecule has 2 N–H and O–H groups in total. The first-order valence-electron chi connectivity index (χ1n) is 5.78. The van der Waals surface area contributed by atoms with E-state index in [4.69, 9.17) is 5.11 Å². The van der Waals surface area contributed by atoms with Gasteiger partial charge in [0.1, 0.15) is 6.04 Å². The van der Waals surface area contributed by atoms with Crippen molar-refractivity contribution >= 4 is 11.9 Å². The number of amides is 1. The Kier molecular flexibility index (Phi) is 5.02. The highest BCUT2D eigenvalue weighted by Gasteiger charge is 2.30. The number of carboxylic acid groups (broad SMARTS) is 1. The van der Waals surface area contributed by atoms with Crippen LogP contribution < -0.4 is 5.32 Å². The molecule has 4 nitrogen and oxygen atoms in total. The third kappa shape index (κ3) is 3.68. The summed E-state index contributed by atoms with van der Waals surface area (Å²) >= 11 is 0. The number of hydrogen-bond donors (Lipinski definition) is 2. The van der Waals surface area contributed by atoms with E-state index in [0.717, 1.165) is 25.7 Å². The van der Waals surface area contributed by atoms with Crippen molar-refractivity contribution in [2.75, 3.05) is 0 Å². The van der Waals surface area contributed by atoms with Gasteiger partial charge >= 0.3 is 5.97 Å². The second-order valence-electron chi connectivity index (χ2n) is 4.27. The van der Waals surface area contributed by atoms with E-state index in [-0.39, 0.29) is 18.2 Å². The largest absolute Gasteiger partial charge is 0.480 e. The number of carbonyl (C=O) groups excluding carboxylic acids is 1. The number of carbonyl (C=O) groups is 2. The molecule has 0 saturated heterocycles. The zero-order valence-corrected chi connectivity index (χ0v) is 9.45. The van der Waals surface area contributed by atoms with Crippen LogP contribution in [0.3, 0.4) is 0 Å². The lowest BCUT2D eigenvalue weighted by Gasteiger charge is -2.27. The fourth-order valence-corrected chi connectivity index (χ4v) is 2.21. The van der Waals surface area contributed by atoms with Crippen molar-refractivity contribution < 1.29 is 14.7 Å². The average Bonchev–Trinajstić information content (AvgIpc) is 2.27. The molecule has 1 unspecified atom stereocenters. The van der Waals surface area contributed by atoms with Gasteiger partial charge in [-0.15, -0.1) is 6.58 Å². The molecule has 0 heterocycles. The summed E-state index contributed by atoms with van der Waals surface area (Å²) in [6.45, 7) is 3.46. The number of hydrogen-bond acceptors (Lipinski definition) is 2. The Morgan fingerprint density at radius 2 is 2.00 bits per heavy atom. The SMILES string of the molecule is C=CCC(=O)NC(C(=O)O)C1CCCCC1. The number of nitrogens with one attached hydrogen (secondary N) is 1. The Balaban J connectivity index is 2.55. The zero-order chi connectivity index (χ0) is 12.0. The fourth-order valence-electron chi connectivity index (χ4n) is 2.21. The van der Waals surface area contributed by atoms with Crippen LogP contribution >= 0.6 is 0 Å². The standard InChI is InChI=1S/C12H19NO3/c1-2-6-10(14)13-11(12(15)16)9-7-4-3-5-8-9/h2,9,11H,1,3-8H2,(H,13,14)(H,15,16). The van der Waals surface area contributed by atoms with Crippen LogP contribution in [0.4, 0.5) is 0 Å². The van der Waals surface area contributed by atoms with Crippen LogP contribution in [0.15, 0.2) is 12.7 Å². The van der Waals surface area contributed by atoms with Gasteiger partial charge in [-0.05, 0) is 18.8 Å². The predicted molar refractivity (Wildman–Crippen MR) is 61.0 cm³/mol. The molecule has 0 spiro atoms. The average molecular weight is 225 g/mol. The van der Waals surface area contributed by atoms with E-state index >= 15 is 0 Å². The molecule has 1 aliphatic rings. The molecular weight excluding hydrogens is 206 g/mol. The second kappa shape index (κ2) is 6.30. The summed E-state index contributed by atoms with van der Waals surface area (Å²) in [5.41, 5.74) is 0. The first-order chi connectivity index (χ1) is 7.65. The number of aliphatic carboxylic acids is 1. The number of carboxylic acids is 1. The summed E-state index contributed by atoms with van der Waals surface area (Å²) in [5.74, 6) is -1.10. The Morgan fingerprint density at radius 1 is 1.38 bits per heavy atom. The van der Waals surface area contributed by atoms with Crippen LogP contribution in [-0.2, 0) is 9.59 Å². The highest BCUT2D eigenvalue weighted by molar-refractivity contribution is 5.84. The Labute approximate surface area is 95.7 Å². The molecule has 0 radical (unpaired) electrons. The van der Waals surface area contributed by atoms with Gasteiger partial charge in [-0.25, -0.2) is 4.79 Å². The Hall–Kier alpha value is -1.32. The van der Waals surface area contributed by atoms with E-state index in [0.29, 0.717) is 0 Å². The van der Waals surface area contributed by atoms with Crippen molar-refractivity contribution in [2.45, 2.75) is 44.6 Å². The molecule has 1 rings (SSSR count). The second-order valence-corrected chi connectivity index (χ2v) is 4.27. The fraction of sp³-hybridized carbons (Fsp3) is 0.667. The minimum atomic E-state index is -0.927. The van der Waals surface area contributed by atoms with E-state index in [1.165, 1.54) is 12.5 Å². The molecule has 1 saturated carbocycles. The molecular formula is C12H19NO3. The Morgan fingerprint density at radius 3 is 2.50 bits per heavy atom. The summed E-state index contributed by atoms with van der Waals surface area (Å²) in [6.07, 6.45) is 6.74. The highest BCUT2D eigenvalue weighted by atomic mass is 16.4. The minimum Gasteiger partial charge on any atom is -0.480 e. The van der Waals surface area contributed by atoms with Crippen molar-refractivity contribution in [3.05, 3.63) is 12.7 Å². The van der Waals surface area contributed by atoms with Gasteiger partial charge in [0, 0.05) is 6.42 Å². The van der Waals surface area contributed by atoms with Gasteiger partial charge in [0.2, 0.25) is 5.91 Å². The molecule has 1 fully saturated rings. The topological polar surface area (TPSA) is 66.4 Å². The molecule has 0 aliphatic heterocycles. The van der Waals surface area contributed by atoms with E-state index in [9.17, 15) is 9.59 Å². The third-order valence-corrected chi connectivity index (χ3v) is 3.03. The number of rotatable bonds is 5. The molecule has 0 aromatic carbocycles. The van der Waals surface area contributed by atoms with Crippen LogP contribution in [0, 0.1) is 5.92 Å². The molecule has 16 heavy (non-hydrogen) atoms. The van der Waals surface area contributed by atoms with Gasteiger partial charge in [-0.2, -0.15) is 0 Å². The van der Waals surface area contributed by atoms with Gasteiger partial charge in [0.15, 0.2) is 0 Å². The summed E-state index contributed by atoms with van der Waals surface area (Å²) in [7, 11) is 0. The van der Waals surface area contributed by atoms with E-state index < -0.39 is 12.0 Å². The lowest BCUT2D eigenvalue weighted by Crippen LogP contribution is -2.46. The molecule has 1 amide bonds. The molecule has 0 aromatic heterocycles. The highest BCUT2D eigenvalue weighted by Crippen LogP contribution is 2.26. The van der Waals surface area contributed by atoms with Gasteiger partial charge < -0.3 is 10.4 Å². The predicted octanol–water partition coefficient (Wildman–Crippen LogP) is 1.71. The monoisotopic (exact) mass is 225 g/mol. The molecule has 4 heteroatoms. The minimum absolute atomic E-state index is 0.0833. The van der Waals surface area contributed by atoms with Crippen LogP contribution in [0.5, 0.6) is 0 Å². The normalized spacial score (nSPS) is 18.8. The van der Waals surface area contributed by atoms with Crippen molar-refractivity contribution in [1.82, 2.24) is 5.32 Å². The van der Waals surface area contributed by atoms with Gasteiger partial charge in [0.25, 0.3) is 0 Å². The quantitative estimate of drug-likeness (QED) is 0.700. The van der Waals surface area contributed by atoms with E-state index in [1.807, 2.05) is 0 Å². The van der Waals surface area contributed by atoms with Gasteiger partial charge in [-0.1, -0.05) is 25.3 Å². The van der Waals surface area contributed by atoms with Crippen LogP contribution in [0.25, 0.3) is 0 Å². The summed E-state index contributed by atoms with van der Waals surface area (Å²) < 4.78 is 0. The maximum atomic E-state index is 11.4. The van der Waals surface area contributed by atoms with Crippen molar-refractivity contribution in [3.8, 4) is 0 Å². The summed E-state index contributed by atoms with van der Waals surface area (Å²) in [4.78, 5) is 22.5. The van der Waals surface area contributed by atoms with Crippen LogP contribution in [0.2, 0.25) is 0 Å². The van der Waals surface area contributed by atoms with Crippen molar-refractivity contribution in [2.24, 2.45) is 5.92 Å².